The Bertz CT molecular complexity index is 475. The third-order valence-corrected chi connectivity index (χ3v) is 3.82. The molecule has 0 saturated carbocycles. The Kier molecular flexibility index (Phi) is 3.43. The minimum Gasteiger partial charge on any atom is -0.478 e. The lowest BCUT2D eigenvalue weighted by atomic mass is 9.72. The second kappa shape index (κ2) is 4.64. The van der Waals surface area contributed by atoms with E-state index >= 15 is 0 Å². The largest absolute Gasteiger partial charge is 0.478 e. The first-order valence-corrected chi connectivity index (χ1v) is 6.82. The van der Waals surface area contributed by atoms with Gasteiger partial charge in [0.15, 0.2) is 0 Å². The lowest BCUT2D eigenvalue weighted by Crippen LogP contribution is -2.57. The standard InChI is InChI=1S/C16H23NO2/c1-15(2)9-11(10-16(3,4)17-15)12-7-5-6-8-13(12)14(18)19/h5-8,11,17H,9-10H2,1-4H3,(H,18,19). The zero-order chi connectivity index (χ0) is 14.3. The molecule has 3 heteroatoms. The van der Waals surface area contributed by atoms with Crippen LogP contribution in [0.25, 0.3) is 0 Å². The zero-order valence-electron chi connectivity index (χ0n) is 12.2. The predicted molar refractivity (Wildman–Crippen MR) is 76.7 cm³/mol. The Hall–Kier alpha value is -1.35. The van der Waals surface area contributed by atoms with Crippen LogP contribution in [-0.4, -0.2) is 22.2 Å². The Morgan fingerprint density at radius 3 is 2.21 bits per heavy atom. The second-order valence-corrected chi connectivity index (χ2v) is 6.89. The van der Waals surface area contributed by atoms with Gasteiger partial charge in [-0.2, -0.15) is 0 Å². The predicted octanol–water partition coefficient (Wildman–Crippen LogP) is 3.41. The molecule has 1 fully saturated rings. The molecule has 0 amide bonds. The number of rotatable bonds is 2. The summed E-state index contributed by atoms with van der Waals surface area (Å²) in [4.78, 5) is 11.4. The summed E-state index contributed by atoms with van der Waals surface area (Å²) in [5.74, 6) is -0.539. The molecule has 0 bridgehead atoms. The maximum absolute atomic E-state index is 11.4. The number of benzene rings is 1. The number of aromatic carboxylic acids is 1. The average molecular weight is 261 g/mol. The van der Waals surface area contributed by atoms with E-state index in [9.17, 15) is 9.90 Å². The highest BCUT2D eigenvalue weighted by Gasteiger charge is 2.39. The fourth-order valence-electron chi connectivity index (χ4n) is 3.59. The molecule has 0 aromatic heterocycles. The van der Waals surface area contributed by atoms with E-state index in [4.69, 9.17) is 0 Å². The van der Waals surface area contributed by atoms with Crippen molar-refractivity contribution in [2.75, 3.05) is 0 Å². The van der Waals surface area contributed by atoms with Gasteiger partial charge in [0.1, 0.15) is 0 Å². The van der Waals surface area contributed by atoms with Crippen molar-refractivity contribution in [3.63, 3.8) is 0 Å². The van der Waals surface area contributed by atoms with Crippen molar-refractivity contribution in [1.29, 1.82) is 0 Å². The fraction of sp³-hybridized carbons (Fsp3) is 0.562. The number of hydrogen-bond acceptors (Lipinski definition) is 2. The minimum atomic E-state index is -0.829. The zero-order valence-corrected chi connectivity index (χ0v) is 12.2. The quantitative estimate of drug-likeness (QED) is 0.857. The highest BCUT2D eigenvalue weighted by molar-refractivity contribution is 5.89. The van der Waals surface area contributed by atoms with Gasteiger partial charge in [0.2, 0.25) is 0 Å². The van der Waals surface area contributed by atoms with Crippen LogP contribution in [0.15, 0.2) is 24.3 Å². The van der Waals surface area contributed by atoms with Crippen molar-refractivity contribution in [3.8, 4) is 0 Å². The van der Waals surface area contributed by atoms with E-state index in [1.54, 1.807) is 12.1 Å². The van der Waals surface area contributed by atoms with Gasteiger partial charge in [0, 0.05) is 11.1 Å². The van der Waals surface area contributed by atoms with Crippen molar-refractivity contribution in [2.24, 2.45) is 0 Å². The average Bonchev–Trinajstić information content (AvgIpc) is 2.24. The molecule has 1 saturated heterocycles. The monoisotopic (exact) mass is 261 g/mol. The molecule has 3 nitrogen and oxygen atoms in total. The van der Waals surface area contributed by atoms with Crippen LogP contribution in [0.1, 0.15) is 62.4 Å². The fourth-order valence-corrected chi connectivity index (χ4v) is 3.59. The van der Waals surface area contributed by atoms with E-state index in [2.05, 4.69) is 33.0 Å². The molecular weight excluding hydrogens is 238 g/mol. The van der Waals surface area contributed by atoms with Gasteiger partial charge in [-0.1, -0.05) is 18.2 Å². The molecule has 0 spiro atoms. The molecule has 1 heterocycles. The summed E-state index contributed by atoms with van der Waals surface area (Å²) < 4.78 is 0. The van der Waals surface area contributed by atoms with Gasteiger partial charge in [0.05, 0.1) is 5.56 Å². The first-order chi connectivity index (χ1) is 8.70. The number of carboxylic acid groups (broad SMARTS) is 1. The van der Waals surface area contributed by atoms with E-state index in [1.807, 2.05) is 12.1 Å². The second-order valence-electron chi connectivity index (χ2n) is 6.89. The van der Waals surface area contributed by atoms with Crippen molar-refractivity contribution >= 4 is 5.97 Å². The molecule has 1 aromatic carbocycles. The molecule has 1 aliphatic rings. The summed E-state index contributed by atoms with van der Waals surface area (Å²) >= 11 is 0. The minimum absolute atomic E-state index is 0.0258. The van der Waals surface area contributed by atoms with Crippen molar-refractivity contribution in [2.45, 2.75) is 57.5 Å². The molecule has 2 N–H and O–H groups in total. The molecule has 19 heavy (non-hydrogen) atoms. The number of piperidine rings is 1. The first-order valence-electron chi connectivity index (χ1n) is 6.82. The van der Waals surface area contributed by atoms with E-state index in [0.717, 1.165) is 18.4 Å². The van der Waals surface area contributed by atoms with E-state index in [-0.39, 0.29) is 11.1 Å². The summed E-state index contributed by atoms with van der Waals surface area (Å²) in [7, 11) is 0. The lowest BCUT2D eigenvalue weighted by Gasteiger charge is -2.47. The number of carboxylic acids is 1. The van der Waals surface area contributed by atoms with Crippen LogP contribution in [0.2, 0.25) is 0 Å². The maximum atomic E-state index is 11.4. The van der Waals surface area contributed by atoms with Crippen molar-refractivity contribution in [3.05, 3.63) is 35.4 Å². The molecular formula is C16H23NO2. The lowest BCUT2D eigenvalue weighted by molar-refractivity contribution is 0.0692. The summed E-state index contributed by atoms with van der Waals surface area (Å²) in [5, 5.41) is 13.0. The van der Waals surface area contributed by atoms with E-state index in [0.29, 0.717) is 11.5 Å². The Morgan fingerprint density at radius 1 is 1.16 bits per heavy atom. The highest BCUT2D eigenvalue weighted by atomic mass is 16.4. The van der Waals surface area contributed by atoms with Crippen LogP contribution in [-0.2, 0) is 0 Å². The molecule has 2 rings (SSSR count). The van der Waals surface area contributed by atoms with E-state index < -0.39 is 5.97 Å². The van der Waals surface area contributed by atoms with Gasteiger partial charge in [-0.05, 0) is 58.1 Å². The highest BCUT2D eigenvalue weighted by Crippen LogP contribution is 2.40. The number of nitrogens with one attached hydrogen (secondary N) is 1. The molecule has 0 atom stereocenters. The third-order valence-electron chi connectivity index (χ3n) is 3.82. The topological polar surface area (TPSA) is 49.3 Å². The van der Waals surface area contributed by atoms with Gasteiger partial charge in [-0.15, -0.1) is 0 Å². The molecule has 104 valence electrons. The maximum Gasteiger partial charge on any atom is 0.335 e. The molecule has 0 aliphatic carbocycles. The van der Waals surface area contributed by atoms with Gasteiger partial charge in [0.25, 0.3) is 0 Å². The van der Waals surface area contributed by atoms with Crippen LogP contribution in [0, 0.1) is 0 Å². The van der Waals surface area contributed by atoms with E-state index in [1.165, 1.54) is 0 Å². The van der Waals surface area contributed by atoms with Gasteiger partial charge in [-0.3, -0.25) is 0 Å². The van der Waals surface area contributed by atoms with Gasteiger partial charge >= 0.3 is 5.97 Å². The SMILES string of the molecule is CC1(C)CC(c2ccccc2C(=O)O)CC(C)(C)N1. The number of hydrogen-bond donors (Lipinski definition) is 2. The van der Waals surface area contributed by atoms with Crippen molar-refractivity contribution < 1.29 is 9.90 Å². The van der Waals surface area contributed by atoms with Crippen LogP contribution in [0.4, 0.5) is 0 Å². The smallest absolute Gasteiger partial charge is 0.335 e. The summed E-state index contributed by atoms with van der Waals surface area (Å²) in [6, 6.07) is 7.40. The van der Waals surface area contributed by atoms with Gasteiger partial charge in [-0.25, -0.2) is 4.79 Å². The van der Waals surface area contributed by atoms with Crippen LogP contribution < -0.4 is 5.32 Å². The van der Waals surface area contributed by atoms with Gasteiger partial charge < -0.3 is 10.4 Å². The summed E-state index contributed by atoms with van der Waals surface area (Å²) in [5.41, 5.74) is 1.47. The first kappa shape index (κ1) is 14.1. The van der Waals surface area contributed by atoms with Crippen molar-refractivity contribution in [1.82, 2.24) is 5.32 Å². The summed E-state index contributed by atoms with van der Waals surface area (Å²) in [6.07, 6.45) is 1.92. The Balaban J connectivity index is 2.39. The van der Waals surface area contributed by atoms with Crippen LogP contribution in [0.5, 0.6) is 0 Å². The Labute approximate surface area is 115 Å². The third kappa shape index (κ3) is 3.16. The molecule has 0 radical (unpaired) electrons. The van der Waals surface area contributed by atoms with Crippen LogP contribution in [0.3, 0.4) is 0 Å². The number of carbonyl (C=O) groups is 1. The molecule has 1 aromatic rings. The molecule has 0 unspecified atom stereocenters. The summed E-state index contributed by atoms with van der Waals surface area (Å²) in [6.45, 7) is 8.74. The normalized spacial score (nSPS) is 22.1. The molecule has 1 aliphatic heterocycles. The van der Waals surface area contributed by atoms with Crippen LogP contribution >= 0.6 is 0 Å². The Morgan fingerprint density at radius 2 is 1.68 bits per heavy atom.